The van der Waals surface area contributed by atoms with Crippen LogP contribution in [0.3, 0.4) is 0 Å². The van der Waals surface area contributed by atoms with Gasteiger partial charge in [0.25, 0.3) is 5.70 Å². The average molecular weight is 289 g/mol. The number of fused-ring (bicyclic) bond motifs is 2. The molecule has 0 bridgehead atoms. The van der Waals surface area contributed by atoms with Crippen molar-refractivity contribution >= 4 is 17.5 Å². The van der Waals surface area contributed by atoms with Gasteiger partial charge in [0.1, 0.15) is 5.82 Å². The van der Waals surface area contributed by atoms with Gasteiger partial charge >= 0.3 is 0 Å². The molecule has 0 saturated carbocycles. The van der Waals surface area contributed by atoms with E-state index in [1.807, 2.05) is 0 Å². The first-order chi connectivity index (χ1) is 9.54. The van der Waals surface area contributed by atoms with E-state index < -0.39 is 10.7 Å². The molecule has 0 spiro atoms. The van der Waals surface area contributed by atoms with E-state index in [1.54, 1.807) is 6.08 Å². The Labute approximate surface area is 117 Å². The molecule has 0 atom stereocenters. The molecule has 0 aromatic heterocycles. The number of nitrogens with zero attached hydrogens (tertiary/aromatic N) is 1. The van der Waals surface area contributed by atoms with Crippen molar-refractivity contribution in [1.82, 2.24) is 0 Å². The van der Waals surface area contributed by atoms with Gasteiger partial charge in [-0.15, -0.1) is 0 Å². The molecule has 0 fully saturated rings. The molecule has 2 aliphatic rings. The topological polar surface area (TPSA) is 60.2 Å². The number of carbonyl (C=O) groups excluding carboxylic acids is 1. The van der Waals surface area contributed by atoms with Crippen LogP contribution in [0.25, 0.3) is 0 Å². The number of carbonyl (C=O) groups is 1. The summed E-state index contributed by atoms with van der Waals surface area (Å²) in [6.45, 7) is 0. The Bertz CT molecular complexity index is 734. The Kier molecular flexibility index (Phi) is 3.02. The Morgan fingerprint density at radius 1 is 1.30 bits per heavy atom. The van der Waals surface area contributed by atoms with Crippen LogP contribution in [-0.4, -0.2) is 10.7 Å². The molecule has 0 N–H and O–H groups in total. The zero-order valence-electron chi connectivity index (χ0n) is 10.1. The van der Waals surface area contributed by atoms with E-state index >= 15 is 0 Å². The molecule has 1 aromatic carbocycles. The molecule has 1 aromatic rings. The minimum absolute atomic E-state index is 0.0468. The standard InChI is InChI=1S/C14H8FNO3S/c15-9-1-3-11-12(17)6-8-5-10(16(18)19)2-4-13(8)20-14(11)7-9/h1-4,6-7H,5H2. The predicted molar refractivity (Wildman–Crippen MR) is 72.4 cm³/mol. The fourth-order valence-electron chi connectivity index (χ4n) is 2.11. The van der Waals surface area contributed by atoms with Crippen molar-refractivity contribution in [1.29, 1.82) is 0 Å². The highest BCUT2D eigenvalue weighted by Crippen LogP contribution is 2.41. The Hall–Kier alpha value is -2.21. The third kappa shape index (κ3) is 2.18. The number of ketones is 1. The summed E-state index contributed by atoms with van der Waals surface area (Å²) in [5.74, 6) is -0.666. The van der Waals surface area contributed by atoms with Crippen molar-refractivity contribution in [3.63, 3.8) is 0 Å². The summed E-state index contributed by atoms with van der Waals surface area (Å²) in [6.07, 6.45) is 4.53. The van der Waals surface area contributed by atoms with E-state index in [-0.39, 0.29) is 17.9 Å². The lowest BCUT2D eigenvalue weighted by Gasteiger charge is -2.11. The second kappa shape index (κ2) is 4.72. The van der Waals surface area contributed by atoms with Crippen molar-refractivity contribution < 1.29 is 14.1 Å². The van der Waals surface area contributed by atoms with Crippen LogP contribution in [0.5, 0.6) is 0 Å². The summed E-state index contributed by atoms with van der Waals surface area (Å²) in [5, 5.41) is 10.8. The van der Waals surface area contributed by atoms with Crippen LogP contribution in [0, 0.1) is 15.9 Å². The minimum Gasteiger partial charge on any atom is -0.289 e. The van der Waals surface area contributed by atoms with Gasteiger partial charge in [0.2, 0.25) is 0 Å². The monoisotopic (exact) mass is 289 g/mol. The van der Waals surface area contributed by atoms with Crippen LogP contribution < -0.4 is 0 Å². The van der Waals surface area contributed by atoms with Gasteiger partial charge in [0.15, 0.2) is 5.78 Å². The lowest BCUT2D eigenvalue weighted by molar-refractivity contribution is -0.427. The molecule has 20 heavy (non-hydrogen) atoms. The lowest BCUT2D eigenvalue weighted by atomic mass is 10.0. The molecule has 4 nitrogen and oxygen atoms in total. The van der Waals surface area contributed by atoms with Gasteiger partial charge in [-0.1, -0.05) is 11.8 Å². The molecule has 6 heteroatoms. The summed E-state index contributed by atoms with van der Waals surface area (Å²) < 4.78 is 13.3. The molecule has 100 valence electrons. The van der Waals surface area contributed by atoms with Gasteiger partial charge in [-0.05, 0) is 35.9 Å². The zero-order chi connectivity index (χ0) is 14.3. The van der Waals surface area contributed by atoms with Crippen LogP contribution in [0.4, 0.5) is 4.39 Å². The lowest BCUT2D eigenvalue weighted by Crippen LogP contribution is -2.04. The van der Waals surface area contributed by atoms with Crippen molar-refractivity contribution in [2.24, 2.45) is 0 Å². The van der Waals surface area contributed by atoms with Crippen LogP contribution in [0.1, 0.15) is 16.8 Å². The fourth-order valence-corrected chi connectivity index (χ4v) is 3.19. The second-order valence-electron chi connectivity index (χ2n) is 4.40. The van der Waals surface area contributed by atoms with Gasteiger partial charge in [0.05, 0.1) is 11.3 Å². The first-order valence-corrected chi connectivity index (χ1v) is 6.64. The van der Waals surface area contributed by atoms with Gasteiger partial charge < -0.3 is 0 Å². The SMILES string of the molecule is O=C1C=C2CC([N+](=O)[O-])=CC=C2Sc2cc(F)ccc21. The number of thioether (sulfide) groups is 1. The number of benzene rings is 1. The number of hydrogen-bond donors (Lipinski definition) is 0. The predicted octanol–water partition coefficient (Wildman–Crippen LogP) is 3.49. The number of rotatable bonds is 1. The van der Waals surface area contributed by atoms with E-state index in [9.17, 15) is 19.3 Å². The third-order valence-electron chi connectivity index (χ3n) is 3.08. The molecule has 0 unspecified atom stereocenters. The van der Waals surface area contributed by atoms with Crippen molar-refractivity contribution in [2.45, 2.75) is 11.3 Å². The first-order valence-electron chi connectivity index (χ1n) is 5.82. The molecule has 0 saturated heterocycles. The van der Waals surface area contributed by atoms with Crippen LogP contribution in [-0.2, 0) is 0 Å². The summed E-state index contributed by atoms with van der Waals surface area (Å²) >= 11 is 1.26. The minimum atomic E-state index is -0.457. The highest BCUT2D eigenvalue weighted by atomic mass is 32.2. The first kappa shape index (κ1) is 12.8. The summed E-state index contributed by atoms with van der Waals surface area (Å²) in [4.78, 5) is 23.7. The van der Waals surface area contributed by atoms with Crippen molar-refractivity contribution in [3.8, 4) is 0 Å². The highest BCUT2D eigenvalue weighted by Gasteiger charge is 2.26. The van der Waals surface area contributed by atoms with Crippen LogP contribution in [0.15, 0.2) is 57.5 Å². The Balaban J connectivity index is 2.09. The van der Waals surface area contributed by atoms with Gasteiger partial charge in [-0.3, -0.25) is 14.9 Å². The summed E-state index contributed by atoms with van der Waals surface area (Å²) in [7, 11) is 0. The molecule has 1 heterocycles. The van der Waals surface area contributed by atoms with Gasteiger partial charge in [-0.2, -0.15) is 0 Å². The number of nitro groups is 1. The Morgan fingerprint density at radius 3 is 2.85 bits per heavy atom. The summed E-state index contributed by atoms with van der Waals surface area (Å²) in [6, 6.07) is 3.99. The fraction of sp³-hybridized carbons (Fsp3) is 0.0714. The van der Waals surface area contributed by atoms with Crippen LogP contribution in [0.2, 0.25) is 0 Å². The maximum atomic E-state index is 13.3. The maximum absolute atomic E-state index is 13.3. The number of hydrogen-bond acceptors (Lipinski definition) is 4. The van der Waals surface area contributed by atoms with Crippen molar-refractivity contribution in [3.05, 3.63) is 74.1 Å². The average Bonchev–Trinajstić information content (AvgIpc) is 2.53. The van der Waals surface area contributed by atoms with E-state index in [0.717, 1.165) is 4.91 Å². The smallest absolute Gasteiger partial charge is 0.250 e. The van der Waals surface area contributed by atoms with Crippen molar-refractivity contribution in [2.75, 3.05) is 0 Å². The zero-order valence-corrected chi connectivity index (χ0v) is 10.9. The maximum Gasteiger partial charge on any atom is 0.250 e. The molecule has 0 radical (unpaired) electrons. The molecule has 1 aliphatic carbocycles. The van der Waals surface area contributed by atoms with Gasteiger partial charge in [-0.25, -0.2) is 4.39 Å². The van der Waals surface area contributed by atoms with E-state index in [0.29, 0.717) is 16.0 Å². The number of allylic oxidation sites excluding steroid dienone is 5. The highest BCUT2D eigenvalue weighted by molar-refractivity contribution is 8.03. The third-order valence-corrected chi connectivity index (χ3v) is 4.26. The quantitative estimate of drug-likeness (QED) is 0.586. The normalized spacial score (nSPS) is 17.2. The van der Waals surface area contributed by atoms with E-state index in [1.165, 1.54) is 42.1 Å². The Morgan fingerprint density at radius 2 is 2.10 bits per heavy atom. The summed E-state index contributed by atoms with van der Waals surface area (Å²) in [5.41, 5.74) is 1.07. The number of halogens is 1. The second-order valence-corrected chi connectivity index (χ2v) is 5.48. The van der Waals surface area contributed by atoms with Gasteiger partial charge in [0, 0.05) is 21.4 Å². The molecule has 3 rings (SSSR count). The van der Waals surface area contributed by atoms with Crippen LogP contribution >= 0.6 is 11.8 Å². The van der Waals surface area contributed by atoms with E-state index in [2.05, 4.69) is 0 Å². The molecule has 0 amide bonds. The molecular weight excluding hydrogens is 281 g/mol. The molecular formula is C14H8FNO3S. The van der Waals surface area contributed by atoms with E-state index in [4.69, 9.17) is 0 Å². The largest absolute Gasteiger partial charge is 0.289 e. The molecule has 1 aliphatic heterocycles.